The Morgan fingerprint density at radius 3 is 2.71 bits per heavy atom. The summed E-state index contributed by atoms with van der Waals surface area (Å²) in [7, 11) is 1.61. The molecule has 0 bridgehead atoms. The van der Waals surface area contributed by atoms with E-state index in [1.54, 1.807) is 12.2 Å². The molecule has 1 aromatic heterocycles. The van der Waals surface area contributed by atoms with Gasteiger partial charge in [0, 0.05) is 0 Å². The van der Waals surface area contributed by atoms with Gasteiger partial charge < -0.3 is 0 Å². The molecular weight excluding hydrogens is 216 g/mol. The van der Waals surface area contributed by atoms with Crippen molar-refractivity contribution >= 4 is 5.69 Å². The molecule has 0 aliphatic rings. The first-order valence-electron chi connectivity index (χ1n) is 5.24. The van der Waals surface area contributed by atoms with Crippen LogP contribution in [0.25, 0.3) is 0 Å². The average molecular weight is 229 g/mol. The van der Waals surface area contributed by atoms with Crippen LogP contribution >= 0.6 is 0 Å². The monoisotopic (exact) mass is 229 g/mol. The normalized spacial score (nSPS) is 10.2. The van der Waals surface area contributed by atoms with E-state index in [9.17, 15) is 0 Å². The fraction of sp³-hybridized carbons (Fsp3) is 0.250. The van der Waals surface area contributed by atoms with E-state index in [2.05, 4.69) is 21.6 Å². The second-order valence-corrected chi connectivity index (χ2v) is 3.54. The largest absolute Gasteiger partial charge is 0.276 e. The van der Waals surface area contributed by atoms with E-state index in [-0.39, 0.29) is 0 Å². The predicted octanol–water partition coefficient (Wildman–Crippen LogP) is 1.55. The zero-order valence-corrected chi connectivity index (χ0v) is 9.79. The number of rotatable bonds is 4. The maximum absolute atomic E-state index is 5.32. The van der Waals surface area contributed by atoms with Gasteiger partial charge in [-0.2, -0.15) is 0 Å². The standard InChI is InChI=1S/C12H13N4O/c1-10-12(8-13-15-14-10)16(17-2)9-11-6-4-3-5-7-11/h3-7H,9H2,1-2H3. The van der Waals surface area contributed by atoms with Crippen LogP contribution in [0.4, 0.5) is 5.69 Å². The molecular formula is C12H13N4O. The summed E-state index contributed by atoms with van der Waals surface area (Å²) < 4.78 is 0. The van der Waals surface area contributed by atoms with Crippen LogP contribution in [0.3, 0.4) is 0 Å². The van der Waals surface area contributed by atoms with Crippen LogP contribution < -0.4 is 5.06 Å². The van der Waals surface area contributed by atoms with Crippen LogP contribution in [-0.2, 0) is 11.4 Å². The van der Waals surface area contributed by atoms with E-state index in [4.69, 9.17) is 4.84 Å². The summed E-state index contributed by atoms with van der Waals surface area (Å²) in [4.78, 5) is 5.32. The SMILES string of the molecule is CON(Cc1ccccc1)c1[c]nnnc1C. The molecule has 2 aromatic rings. The molecule has 1 aromatic carbocycles. The number of benzene rings is 1. The Morgan fingerprint density at radius 1 is 1.29 bits per heavy atom. The van der Waals surface area contributed by atoms with Crippen molar-refractivity contribution in [1.82, 2.24) is 15.4 Å². The van der Waals surface area contributed by atoms with Gasteiger partial charge in [-0.1, -0.05) is 30.3 Å². The summed E-state index contributed by atoms with van der Waals surface area (Å²) in [6.07, 6.45) is 2.79. The first-order valence-corrected chi connectivity index (χ1v) is 5.24. The number of aromatic nitrogens is 3. The Bertz CT molecular complexity index is 475. The average Bonchev–Trinajstić information content (AvgIpc) is 2.38. The quantitative estimate of drug-likeness (QED) is 0.744. The topological polar surface area (TPSA) is 51.1 Å². The van der Waals surface area contributed by atoms with Crippen LogP contribution in [0.15, 0.2) is 30.3 Å². The summed E-state index contributed by atoms with van der Waals surface area (Å²) in [6.45, 7) is 2.46. The molecule has 0 aliphatic heterocycles. The van der Waals surface area contributed by atoms with Crippen LogP contribution in [0, 0.1) is 13.1 Å². The van der Waals surface area contributed by atoms with Gasteiger partial charge in [0.05, 0.1) is 19.3 Å². The van der Waals surface area contributed by atoms with Crippen molar-refractivity contribution in [2.24, 2.45) is 0 Å². The maximum atomic E-state index is 5.32. The fourth-order valence-electron chi connectivity index (χ4n) is 1.51. The molecule has 0 aliphatic carbocycles. The van der Waals surface area contributed by atoms with Gasteiger partial charge in [0.15, 0.2) is 0 Å². The minimum atomic E-state index is 0.613. The van der Waals surface area contributed by atoms with Gasteiger partial charge in [-0.3, -0.25) is 4.84 Å². The Hall–Kier alpha value is -2.01. The molecule has 0 unspecified atom stereocenters. The van der Waals surface area contributed by atoms with Crippen molar-refractivity contribution in [3.63, 3.8) is 0 Å². The third kappa shape index (κ3) is 2.76. The number of anilines is 1. The molecule has 0 N–H and O–H groups in total. The molecule has 1 radical (unpaired) electrons. The third-order valence-corrected chi connectivity index (χ3v) is 2.38. The third-order valence-electron chi connectivity index (χ3n) is 2.38. The van der Waals surface area contributed by atoms with Gasteiger partial charge >= 0.3 is 0 Å². The summed E-state index contributed by atoms with van der Waals surface area (Å²) in [5, 5.41) is 12.7. The minimum absolute atomic E-state index is 0.613. The Labute approximate surface area is 100 Å². The Morgan fingerprint density at radius 2 is 2.06 bits per heavy atom. The summed E-state index contributed by atoms with van der Waals surface area (Å²) in [5.74, 6) is 0. The lowest BCUT2D eigenvalue weighted by atomic mass is 10.2. The molecule has 0 atom stereocenters. The predicted molar refractivity (Wildman–Crippen MR) is 63.0 cm³/mol. The van der Waals surface area contributed by atoms with Crippen LogP contribution in [-0.4, -0.2) is 22.5 Å². The smallest absolute Gasteiger partial charge is 0.145 e. The highest BCUT2D eigenvalue weighted by Crippen LogP contribution is 2.17. The molecule has 17 heavy (non-hydrogen) atoms. The van der Waals surface area contributed by atoms with Crippen molar-refractivity contribution < 1.29 is 4.84 Å². The molecule has 0 saturated heterocycles. The van der Waals surface area contributed by atoms with Crippen molar-refractivity contribution in [2.45, 2.75) is 13.5 Å². The van der Waals surface area contributed by atoms with Crippen molar-refractivity contribution in [2.75, 3.05) is 12.2 Å². The van der Waals surface area contributed by atoms with Gasteiger partial charge in [0.2, 0.25) is 0 Å². The zero-order chi connectivity index (χ0) is 12.1. The molecule has 0 amide bonds. The van der Waals surface area contributed by atoms with Crippen molar-refractivity contribution in [1.29, 1.82) is 0 Å². The number of nitrogens with zero attached hydrogens (tertiary/aromatic N) is 4. The molecule has 5 heteroatoms. The van der Waals surface area contributed by atoms with Crippen molar-refractivity contribution in [3.05, 3.63) is 47.8 Å². The summed E-state index contributed by atoms with van der Waals surface area (Å²) in [5.41, 5.74) is 2.57. The second kappa shape index (κ2) is 5.36. The van der Waals surface area contributed by atoms with Gasteiger partial charge in [-0.25, -0.2) is 5.06 Å². The molecule has 2 rings (SSSR count). The lowest BCUT2D eigenvalue weighted by molar-refractivity contribution is 0.161. The summed E-state index contributed by atoms with van der Waals surface area (Å²) >= 11 is 0. The Balaban J connectivity index is 2.21. The van der Waals surface area contributed by atoms with Crippen LogP contribution in [0.2, 0.25) is 0 Å². The minimum Gasteiger partial charge on any atom is -0.276 e. The van der Waals surface area contributed by atoms with E-state index in [0.717, 1.165) is 11.3 Å². The van der Waals surface area contributed by atoms with Gasteiger partial charge in [-0.15, -0.1) is 10.2 Å². The van der Waals surface area contributed by atoms with E-state index in [1.165, 1.54) is 0 Å². The Kier molecular flexibility index (Phi) is 3.62. The molecule has 5 nitrogen and oxygen atoms in total. The maximum Gasteiger partial charge on any atom is 0.145 e. The molecule has 0 spiro atoms. The van der Waals surface area contributed by atoms with Crippen LogP contribution in [0.1, 0.15) is 11.3 Å². The first-order chi connectivity index (χ1) is 8.31. The van der Waals surface area contributed by atoms with Gasteiger partial charge in [0.1, 0.15) is 11.9 Å². The van der Waals surface area contributed by atoms with E-state index in [0.29, 0.717) is 12.2 Å². The molecule has 87 valence electrons. The van der Waals surface area contributed by atoms with Crippen LogP contribution in [0.5, 0.6) is 0 Å². The van der Waals surface area contributed by atoms with Gasteiger partial charge in [-0.05, 0) is 17.7 Å². The molecule has 0 saturated carbocycles. The number of aryl methyl sites for hydroxylation is 1. The first kappa shape index (κ1) is 11.5. The highest BCUT2D eigenvalue weighted by atomic mass is 16.7. The highest BCUT2D eigenvalue weighted by Gasteiger charge is 2.11. The lowest BCUT2D eigenvalue weighted by Crippen LogP contribution is -2.22. The van der Waals surface area contributed by atoms with E-state index >= 15 is 0 Å². The zero-order valence-electron chi connectivity index (χ0n) is 9.79. The number of hydroxylamine groups is 1. The number of hydrogen-bond donors (Lipinski definition) is 0. The van der Waals surface area contributed by atoms with E-state index < -0.39 is 0 Å². The molecule has 0 fully saturated rings. The number of hydrogen-bond acceptors (Lipinski definition) is 5. The lowest BCUT2D eigenvalue weighted by Gasteiger charge is -2.21. The summed E-state index contributed by atoms with van der Waals surface area (Å²) in [6, 6.07) is 10.0. The highest BCUT2D eigenvalue weighted by molar-refractivity contribution is 5.44. The van der Waals surface area contributed by atoms with E-state index in [1.807, 2.05) is 37.3 Å². The fourth-order valence-corrected chi connectivity index (χ4v) is 1.51. The second-order valence-electron chi connectivity index (χ2n) is 3.54. The van der Waals surface area contributed by atoms with Crippen molar-refractivity contribution in [3.8, 4) is 0 Å². The van der Waals surface area contributed by atoms with Gasteiger partial charge in [0.25, 0.3) is 0 Å². The molecule has 1 heterocycles.